The first kappa shape index (κ1) is 20.3. The molecule has 2 aliphatic heterocycles. The summed E-state index contributed by atoms with van der Waals surface area (Å²) in [7, 11) is 0. The van der Waals surface area contributed by atoms with Gasteiger partial charge in [-0.25, -0.2) is 4.98 Å². The van der Waals surface area contributed by atoms with Crippen LogP contribution < -0.4 is 15.5 Å². The average molecular weight is 432 g/mol. The number of unbranched alkanes of at least 4 members (excludes halogenated alkanes) is 1. The molecule has 0 spiro atoms. The van der Waals surface area contributed by atoms with Gasteiger partial charge in [0.05, 0.1) is 15.7 Å². The number of hydrogen-bond donors (Lipinski definition) is 2. The largest absolute Gasteiger partial charge is 0.381 e. The zero-order chi connectivity index (χ0) is 20.1. The van der Waals surface area contributed by atoms with Gasteiger partial charge in [0.2, 0.25) is 0 Å². The topological polar surface area (TPSA) is 43.4 Å². The molecule has 1 aromatic heterocycles. The third-order valence-electron chi connectivity index (χ3n) is 5.49. The average Bonchev–Trinajstić information content (AvgIpc) is 2.76. The number of nitrogens with one attached hydrogen (secondary N) is 2. The number of nitrogens with zero attached hydrogens (tertiary/aromatic N) is 3. The molecular formula is C22H27Cl2N5. The number of rotatable bonds is 7. The Balaban J connectivity index is 1.15. The van der Waals surface area contributed by atoms with Crippen LogP contribution in [0.5, 0.6) is 0 Å². The Morgan fingerprint density at radius 2 is 1.97 bits per heavy atom. The molecule has 2 aliphatic rings. The molecule has 0 unspecified atom stereocenters. The minimum Gasteiger partial charge on any atom is -0.381 e. The maximum Gasteiger partial charge on any atom is 0.127 e. The highest BCUT2D eigenvalue weighted by atomic mass is 35.5. The number of anilines is 3. The number of benzene rings is 1. The van der Waals surface area contributed by atoms with Gasteiger partial charge < -0.3 is 15.5 Å². The lowest BCUT2D eigenvalue weighted by Gasteiger charge is -2.36. The van der Waals surface area contributed by atoms with Crippen LogP contribution in [-0.2, 0) is 0 Å². The zero-order valence-electron chi connectivity index (χ0n) is 16.5. The number of fused-ring (bicyclic) bond motifs is 1. The van der Waals surface area contributed by atoms with Crippen LogP contribution in [0.25, 0.3) is 6.08 Å². The molecule has 1 fully saturated rings. The third kappa shape index (κ3) is 5.16. The van der Waals surface area contributed by atoms with Crippen LogP contribution in [0.3, 0.4) is 0 Å². The Bertz CT molecular complexity index is 862. The summed E-state index contributed by atoms with van der Waals surface area (Å²) in [4.78, 5) is 9.35. The molecule has 0 amide bonds. The van der Waals surface area contributed by atoms with Crippen LogP contribution in [-0.4, -0.2) is 55.7 Å². The molecule has 5 nitrogen and oxygen atoms in total. The molecular weight excluding hydrogens is 405 g/mol. The van der Waals surface area contributed by atoms with Gasteiger partial charge in [-0.15, -0.1) is 0 Å². The lowest BCUT2D eigenvalue weighted by atomic mass is 10.1. The molecule has 0 radical (unpaired) electrons. The van der Waals surface area contributed by atoms with E-state index in [0.29, 0.717) is 10.0 Å². The van der Waals surface area contributed by atoms with Gasteiger partial charge in [-0.3, -0.25) is 4.90 Å². The molecule has 3 heterocycles. The smallest absolute Gasteiger partial charge is 0.127 e. The molecule has 1 saturated heterocycles. The van der Waals surface area contributed by atoms with Crippen molar-refractivity contribution in [3.63, 3.8) is 0 Å². The summed E-state index contributed by atoms with van der Waals surface area (Å²) >= 11 is 12.5. The van der Waals surface area contributed by atoms with Gasteiger partial charge >= 0.3 is 0 Å². The highest BCUT2D eigenvalue weighted by Gasteiger charge is 2.19. The fraction of sp³-hybridized carbons (Fsp3) is 0.409. The van der Waals surface area contributed by atoms with Gasteiger partial charge in [-0.05, 0) is 31.5 Å². The predicted molar refractivity (Wildman–Crippen MR) is 125 cm³/mol. The second kappa shape index (κ2) is 9.70. The number of hydrogen-bond acceptors (Lipinski definition) is 5. The Labute approximate surface area is 182 Å². The van der Waals surface area contributed by atoms with E-state index in [2.05, 4.69) is 49.7 Å². The normalized spacial score (nSPS) is 16.4. The van der Waals surface area contributed by atoms with Crippen molar-refractivity contribution < 1.29 is 0 Å². The molecule has 1 aromatic carbocycles. The van der Waals surface area contributed by atoms with E-state index in [1.807, 2.05) is 18.3 Å². The van der Waals surface area contributed by atoms with Crippen LogP contribution in [0.4, 0.5) is 17.2 Å². The van der Waals surface area contributed by atoms with Gasteiger partial charge in [0.25, 0.3) is 0 Å². The Hall–Kier alpha value is -1.95. The van der Waals surface area contributed by atoms with E-state index < -0.39 is 0 Å². The van der Waals surface area contributed by atoms with Crippen LogP contribution in [0.15, 0.2) is 36.5 Å². The predicted octanol–water partition coefficient (Wildman–Crippen LogP) is 4.84. The fourth-order valence-corrected chi connectivity index (χ4v) is 4.24. The molecule has 0 bridgehead atoms. The fourth-order valence-electron chi connectivity index (χ4n) is 3.83. The highest BCUT2D eigenvalue weighted by Crippen LogP contribution is 2.32. The highest BCUT2D eigenvalue weighted by molar-refractivity contribution is 6.43. The van der Waals surface area contributed by atoms with Crippen molar-refractivity contribution in [1.82, 2.24) is 9.88 Å². The van der Waals surface area contributed by atoms with E-state index in [1.165, 1.54) is 6.42 Å². The monoisotopic (exact) mass is 431 g/mol. The maximum atomic E-state index is 6.36. The minimum atomic E-state index is 0.625. The summed E-state index contributed by atoms with van der Waals surface area (Å²) in [6, 6.07) is 7.95. The van der Waals surface area contributed by atoms with Crippen molar-refractivity contribution in [3.8, 4) is 0 Å². The first-order chi connectivity index (χ1) is 14.2. The van der Waals surface area contributed by atoms with Gasteiger partial charge in [0.15, 0.2) is 0 Å². The van der Waals surface area contributed by atoms with E-state index in [0.717, 1.165) is 75.0 Å². The molecule has 2 aromatic rings. The standard InChI is InChI=1S/C22H27Cl2N5/c23-18-6-3-7-20(22(18)24)29-13-11-28(12-14-29)10-2-1-8-26-21-15-19-17(16-27-21)5-4-9-25-19/h3-7,15-16,25H,1-2,8-14H2,(H,26,27). The van der Waals surface area contributed by atoms with E-state index in [1.54, 1.807) is 0 Å². The van der Waals surface area contributed by atoms with E-state index in [9.17, 15) is 0 Å². The number of pyridine rings is 1. The maximum absolute atomic E-state index is 6.36. The second-order valence-electron chi connectivity index (χ2n) is 7.48. The molecule has 0 atom stereocenters. The summed E-state index contributed by atoms with van der Waals surface area (Å²) in [6.45, 7) is 7.04. The first-order valence-corrected chi connectivity index (χ1v) is 11.0. The Morgan fingerprint density at radius 3 is 2.83 bits per heavy atom. The van der Waals surface area contributed by atoms with Crippen molar-refractivity contribution in [1.29, 1.82) is 0 Å². The van der Waals surface area contributed by atoms with Crippen LogP contribution >= 0.6 is 23.2 Å². The van der Waals surface area contributed by atoms with Crippen molar-refractivity contribution >= 4 is 46.5 Å². The van der Waals surface area contributed by atoms with Crippen molar-refractivity contribution in [2.24, 2.45) is 0 Å². The minimum absolute atomic E-state index is 0.625. The van der Waals surface area contributed by atoms with Crippen molar-refractivity contribution in [3.05, 3.63) is 52.1 Å². The molecule has 0 saturated carbocycles. The quantitative estimate of drug-likeness (QED) is 0.613. The van der Waals surface area contributed by atoms with E-state index in [4.69, 9.17) is 23.2 Å². The van der Waals surface area contributed by atoms with Gasteiger partial charge in [-0.2, -0.15) is 0 Å². The molecule has 4 rings (SSSR count). The molecule has 7 heteroatoms. The summed E-state index contributed by atoms with van der Waals surface area (Å²) in [6.07, 6.45) is 8.46. The number of halogens is 2. The van der Waals surface area contributed by atoms with Gasteiger partial charge in [-0.1, -0.05) is 41.4 Å². The summed E-state index contributed by atoms with van der Waals surface area (Å²) in [5.74, 6) is 0.943. The number of piperazine rings is 1. The Morgan fingerprint density at radius 1 is 1.10 bits per heavy atom. The van der Waals surface area contributed by atoms with Crippen LogP contribution in [0.1, 0.15) is 18.4 Å². The Kier molecular flexibility index (Phi) is 6.80. The van der Waals surface area contributed by atoms with Gasteiger partial charge in [0.1, 0.15) is 5.82 Å². The summed E-state index contributed by atoms with van der Waals surface area (Å²) in [5, 5.41) is 8.11. The van der Waals surface area contributed by atoms with E-state index >= 15 is 0 Å². The second-order valence-corrected chi connectivity index (χ2v) is 8.26. The van der Waals surface area contributed by atoms with E-state index in [-0.39, 0.29) is 0 Å². The SMILES string of the molecule is Clc1cccc(N2CCN(CCCCNc3cc4c(cn3)C=CCN4)CC2)c1Cl. The van der Waals surface area contributed by atoms with Crippen molar-refractivity contribution in [2.45, 2.75) is 12.8 Å². The lowest BCUT2D eigenvalue weighted by Crippen LogP contribution is -2.46. The summed E-state index contributed by atoms with van der Waals surface area (Å²) < 4.78 is 0. The van der Waals surface area contributed by atoms with Crippen LogP contribution in [0, 0.1) is 0 Å². The zero-order valence-corrected chi connectivity index (χ0v) is 18.0. The first-order valence-electron chi connectivity index (χ1n) is 10.3. The number of aromatic nitrogens is 1. The molecule has 154 valence electrons. The van der Waals surface area contributed by atoms with Crippen LogP contribution in [0.2, 0.25) is 10.0 Å². The lowest BCUT2D eigenvalue weighted by molar-refractivity contribution is 0.254. The summed E-state index contributed by atoms with van der Waals surface area (Å²) in [5.41, 5.74) is 3.35. The molecule has 29 heavy (non-hydrogen) atoms. The van der Waals surface area contributed by atoms with Gasteiger partial charge in [0, 0.05) is 62.8 Å². The molecule has 2 N–H and O–H groups in total. The molecule has 0 aliphatic carbocycles. The van der Waals surface area contributed by atoms with Crippen molar-refractivity contribution in [2.75, 3.05) is 61.3 Å². The third-order valence-corrected chi connectivity index (χ3v) is 6.30.